The maximum atomic E-state index is 11.7. The number of hydrogen-bond acceptors (Lipinski definition) is 11. The van der Waals surface area contributed by atoms with Crippen LogP contribution in [-0.2, 0) is 27.1 Å². The molecular weight excluding hydrogens is 799 g/mol. The fraction of sp³-hybridized carbons (Fsp3) is 0.293. The predicted octanol–water partition coefficient (Wildman–Crippen LogP) is 8.79. The second-order valence-corrected chi connectivity index (χ2v) is 15.3. The maximum absolute atomic E-state index is 11.7. The molecule has 15 heteroatoms. The van der Waals surface area contributed by atoms with E-state index in [9.17, 15) is 4.79 Å². The highest BCUT2D eigenvalue weighted by Crippen LogP contribution is 2.36. The Bertz CT molecular complexity index is 2090. The number of rotatable bonds is 7. The van der Waals surface area contributed by atoms with E-state index in [4.69, 9.17) is 28.6 Å². The Balaban J connectivity index is 0.000000194. The van der Waals surface area contributed by atoms with Crippen molar-refractivity contribution in [1.29, 1.82) is 0 Å². The molecule has 2 aromatic heterocycles. The lowest BCUT2D eigenvalue weighted by Crippen LogP contribution is -2.41. The van der Waals surface area contributed by atoms with Crippen LogP contribution < -0.4 is 16.5 Å². The second-order valence-electron chi connectivity index (χ2n) is 14.6. The molecule has 1 aliphatic rings. The molecule has 3 heterocycles. The Morgan fingerprint density at radius 3 is 1.59 bits per heavy atom. The number of nitrogens with two attached hydrogens (primary N) is 1. The van der Waals surface area contributed by atoms with Gasteiger partial charge in [0.25, 0.3) is 4.80 Å². The van der Waals surface area contributed by atoms with Crippen LogP contribution in [0.3, 0.4) is 0 Å². The summed E-state index contributed by atoms with van der Waals surface area (Å²) in [4.78, 5) is 12.1. The molecule has 294 valence electrons. The number of ether oxygens (including phenoxy) is 1. The summed E-state index contributed by atoms with van der Waals surface area (Å²) in [5.41, 5.74) is 10.1. The van der Waals surface area contributed by atoms with Crippen molar-refractivity contribution < 1.29 is 27.7 Å². The fourth-order valence-corrected chi connectivity index (χ4v) is 5.22. The summed E-state index contributed by atoms with van der Waals surface area (Å²) in [7, 11) is -0.372. The van der Waals surface area contributed by atoms with E-state index in [2.05, 4.69) is 41.6 Å². The quantitative estimate of drug-likeness (QED) is 0.148. The molecule has 7 rings (SSSR count). The molecule has 4 aromatic carbocycles. The summed E-state index contributed by atoms with van der Waals surface area (Å²) in [6, 6.07) is 35.0. The van der Waals surface area contributed by atoms with Crippen molar-refractivity contribution in [3.8, 4) is 34.4 Å². The number of carbonyl (C=O) groups is 1. The monoisotopic (exact) mass is 844 g/mol. The van der Waals surface area contributed by atoms with Gasteiger partial charge < -0.3 is 33.9 Å². The highest BCUT2D eigenvalue weighted by Gasteiger charge is 2.51. The van der Waals surface area contributed by atoms with Gasteiger partial charge in [-0.3, -0.25) is 0 Å². The molecule has 6 aromatic rings. The van der Waals surface area contributed by atoms with Gasteiger partial charge in [0.05, 0.1) is 11.2 Å². The average molecular weight is 846 g/mol. The number of nitrogens with zero attached hydrogens (tertiary/aromatic N) is 4. The molecule has 0 saturated carbocycles. The van der Waals surface area contributed by atoms with E-state index < -0.39 is 11.7 Å². The van der Waals surface area contributed by atoms with E-state index in [0.29, 0.717) is 35.6 Å². The first-order chi connectivity index (χ1) is 26.1. The highest BCUT2D eigenvalue weighted by molar-refractivity contribution is 9.10. The normalized spacial score (nSPS) is 14.0. The number of benzene rings is 4. The SMILES string of the molecule is Brc1nnc(-c2ccccc2)o1.CC(C)(C)OC(=O)NCc1ccc(B2OC(C)(C)C(C)(C)O2)cc1.Cl.NCc1ccc(-c2nnc(-c3ccccc3)o2)cc1. The zero-order valence-corrected chi connectivity index (χ0v) is 34.9. The third-order valence-electron chi connectivity index (χ3n) is 8.64. The number of alkyl carbamates (subject to hydrolysis) is 1. The number of carbonyl (C=O) groups excluding carboxylic acids is 1. The Hall–Kier alpha value is -4.86. The number of amides is 1. The van der Waals surface area contributed by atoms with Gasteiger partial charge in [-0.05, 0) is 101 Å². The molecule has 0 atom stereocenters. The lowest BCUT2D eigenvalue weighted by molar-refractivity contribution is 0.00578. The van der Waals surface area contributed by atoms with Gasteiger partial charge in [-0.25, -0.2) is 4.79 Å². The number of aromatic nitrogens is 4. The van der Waals surface area contributed by atoms with E-state index in [1.165, 1.54) is 0 Å². The number of hydrogen-bond donors (Lipinski definition) is 2. The highest BCUT2D eigenvalue weighted by atomic mass is 79.9. The molecule has 0 bridgehead atoms. The van der Waals surface area contributed by atoms with Crippen molar-refractivity contribution in [3.63, 3.8) is 0 Å². The summed E-state index contributed by atoms with van der Waals surface area (Å²) in [6.07, 6.45) is -0.419. The van der Waals surface area contributed by atoms with Crippen LogP contribution in [0.25, 0.3) is 34.4 Å². The van der Waals surface area contributed by atoms with E-state index in [0.717, 1.165) is 33.3 Å². The topological polar surface area (TPSA) is 161 Å². The van der Waals surface area contributed by atoms with Gasteiger partial charge in [0.1, 0.15) is 5.60 Å². The smallest absolute Gasteiger partial charge is 0.444 e. The summed E-state index contributed by atoms with van der Waals surface area (Å²) >= 11 is 3.09. The van der Waals surface area contributed by atoms with E-state index >= 15 is 0 Å². The first-order valence-corrected chi connectivity index (χ1v) is 18.6. The average Bonchev–Trinajstić information content (AvgIpc) is 3.89. The van der Waals surface area contributed by atoms with E-state index in [-0.39, 0.29) is 30.7 Å². The molecule has 0 radical (unpaired) electrons. The first-order valence-electron chi connectivity index (χ1n) is 17.8. The van der Waals surface area contributed by atoms with E-state index in [1.807, 2.05) is 158 Å². The van der Waals surface area contributed by atoms with Crippen LogP contribution in [0.1, 0.15) is 59.6 Å². The zero-order chi connectivity index (χ0) is 39.6. The molecule has 12 nitrogen and oxygen atoms in total. The van der Waals surface area contributed by atoms with Crippen molar-refractivity contribution in [3.05, 3.63) is 125 Å². The lowest BCUT2D eigenvalue weighted by atomic mass is 9.79. The van der Waals surface area contributed by atoms with Crippen LogP contribution in [0.4, 0.5) is 4.79 Å². The van der Waals surface area contributed by atoms with Crippen molar-refractivity contribution in [2.24, 2.45) is 5.73 Å². The minimum Gasteiger partial charge on any atom is -0.444 e. The van der Waals surface area contributed by atoms with Gasteiger partial charge in [-0.2, -0.15) is 0 Å². The van der Waals surface area contributed by atoms with Crippen molar-refractivity contribution in [2.45, 2.75) is 78.4 Å². The Morgan fingerprint density at radius 2 is 1.14 bits per heavy atom. The molecular formula is C41H47BBrClN6O6. The van der Waals surface area contributed by atoms with Crippen LogP contribution in [0, 0.1) is 0 Å². The zero-order valence-electron chi connectivity index (χ0n) is 32.5. The number of nitrogens with one attached hydrogen (secondary N) is 1. The summed E-state index contributed by atoms with van der Waals surface area (Å²) in [5.74, 6) is 1.57. The molecule has 56 heavy (non-hydrogen) atoms. The van der Waals surface area contributed by atoms with Crippen LogP contribution in [-0.4, -0.2) is 50.4 Å². The third-order valence-corrected chi connectivity index (χ3v) is 8.96. The van der Waals surface area contributed by atoms with Gasteiger partial charge in [0, 0.05) is 45.7 Å². The summed E-state index contributed by atoms with van der Waals surface area (Å²) in [5, 5.41) is 18.4. The molecule has 0 unspecified atom stereocenters. The lowest BCUT2D eigenvalue weighted by Gasteiger charge is -2.32. The van der Waals surface area contributed by atoms with Crippen molar-refractivity contribution >= 4 is 47.0 Å². The first kappa shape index (κ1) is 43.9. The largest absolute Gasteiger partial charge is 0.494 e. The van der Waals surface area contributed by atoms with Gasteiger partial charge in [0.15, 0.2) is 0 Å². The van der Waals surface area contributed by atoms with Crippen LogP contribution in [0.15, 0.2) is 123 Å². The standard InChI is InChI=1S/C18H28BNO4.C15H13N3O.C8H5BrN2O.ClH/c1-16(2,3)22-15(21)20-12-13-8-10-14(11-9-13)19-23-17(4,5)18(6,7)24-19;16-10-11-6-8-13(9-7-11)15-18-17-14(19-15)12-4-2-1-3-5-12;9-8-11-10-7(12-8)6-4-2-1-3-5-6;/h8-11H,12H2,1-7H3,(H,20,21);1-9H,10,16H2;1-5H;1H. The molecule has 1 aliphatic heterocycles. The van der Waals surface area contributed by atoms with Crippen molar-refractivity contribution in [1.82, 2.24) is 25.7 Å². The molecule has 0 aliphatic carbocycles. The van der Waals surface area contributed by atoms with Gasteiger partial charge in [-0.15, -0.1) is 32.8 Å². The molecule has 1 amide bonds. The number of halogens is 2. The minimum atomic E-state index is -0.495. The Morgan fingerprint density at radius 1 is 0.696 bits per heavy atom. The Kier molecular flexibility index (Phi) is 15.1. The van der Waals surface area contributed by atoms with Gasteiger partial charge in [0.2, 0.25) is 17.7 Å². The third kappa shape index (κ3) is 12.3. The molecule has 1 saturated heterocycles. The van der Waals surface area contributed by atoms with Crippen LogP contribution >= 0.6 is 28.3 Å². The predicted molar refractivity (Wildman–Crippen MR) is 223 cm³/mol. The minimum absolute atomic E-state index is 0. The van der Waals surface area contributed by atoms with Crippen LogP contribution in [0.2, 0.25) is 0 Å². The fourth-order valence-electron chi connectivity index (χ4n) is 4.98. The molecule has 3 N–H and O–H groups in total. The molecule has 1 fully saturated rings. The van der Waals surface area contributed by atoms with Gasteiger partial charge in [-0.1, -0.05) is 72.8 Å². The van der Waals surface area contributed by atoms with Crippen LogP contribution in [0.5, 0.6) is 0 Å². The maximum Gasteiger partial charge on any atom is 0.494 e. The van der Waals surface area contributed by atoms with Crippen molar-refractivity contribution in [2.75, 3.05) is 0 Å². The second kappa shape index (κ2) is 19.3. The molecule has 0 spiro atoms. The summed E-state index contributed by atoms with van der Waals surface area (Å²) < 4.78 is 28.1. The Labute approximate surface area is 342 Å². The van der Waals surface area contributed by atoms with Gasteiger partial charge >= 0.3 is 13.2 Å². The van der Waals surface area contributed by atoms with E-state index in [1.54, 1.807) is 0 Å². The summed E-state index contributed by atoms with van der Waals surface area (Å²) in [6.45, 7) is 14.6.